The van der Waals surface area contributed by atoms with Gasteiger partial charge in [-0.25, -0.2) is 12.8 Å². The Bertz CT molecular complexity index is 925. The number of rotatable bonds is 4. The van der Waals surface area contributed by atoms with E-state index in [2.05, 4.69) is 4.72 Å². The summed E-state index contributed by atoms with van der Waals surface area (Å²) in [5.74, 6) is -0.372. The zero-order valence-corrected chi connectivity index (χ0v) is 12.9. The first kappa shape index (κ1) is 15.2. The molecule has 0 radical (unpaired) electrons. The van der Waals surface area contributed by atoms with Gasteiger partial charge in [-0.05, 0) is 35.9 Å². The van der Waals surface area contributed by atoms with E-state index in [4.69, 9.17) is 0 Å². The highest BCUT2D eigenvalue weighted by atomic mass is 32.2. The summed E-state index contributed by atoms with van der Waals surface area (Å²) in [6.45, 7) is 0. The fraction of sp³-hybridized carbons (Fsp3) is 0. The van der Waals surface area contributed by atoms with Crippen molar-refractivity contribution in [1.29, 1.82) is 0 Å². The van der Waals surface area contributed by atoms with Gasteiger partial charge in [0.2, 0.25) is 0 Å². The molecule has 3 aromatic rings. The van der Waals surface area contributed by atoms with Crippen LogP contribution in [0.2, 0.25) is 0 Å². The normalized spacial score (nSPS) is 11.2. The molecule has 0 bridgehead atoms. The van der Waals surface area contributed by atoms with Crippen LogP contribution in [-0.4, -0.2) is 8.42 Å². The van der Waals surface area contributed by atoms with Gasteiger partial charge >= 0.3 is 0 Å². The predicted octanol–water partition coefficient (Wildman–Crippen LogP) is 4.29. The zero-order valence-electron chi connectivity index (χ0n) is 12.1. The minimum absolute atomic E-state index is 0.175. The molecule has 0 saturated carbocycles. The highest BCUT2D eigenvalue weighted by Crippen LogP contribution is 2.29. The summed E-state index contributed by atoms with van der Waals surface area (Å²) in [5.41, 5.74) is 1.63. The summed E-state index contributed by atoms with van der Waals surface area (Å²) in [6, 6.07) is 21.1. The smallest absolute Gasteiger partial charge is 0.261 e. The van der Waals surface area contributed by atoms with Gasteiger partial charge < -0.3 is 0 Å². The number of sulfonamides is 1. The van der Waals surface area contributed by atoms with Crippen LogP contribution in [0.5, 0.6) is 0 Å². The number of hydrogen-bond donors (Lipinski definition) is 1. The fourth-order valence-electron chi connectivity index (χ4n) is 2.28. The van der Waals surface area contributed by atoms with Crippen molar-refractivity contribution in [2.75, 3.05) is 4.72 Å². The van der Waals surface area contributed by atoms with E-state index in [9.17, 15) is 12.8 Å². The second-order valence-electron chi connectivity index (χ2n) is 4.97. The first-order chi connectivity index (χ1) is 11.1. The maximum atomic E-state index is 13.4. The molecule has 0 aliphatic heterocycles. The second-order valence-corrected chi connectivity index (χ2v) is 6.66. The van der Waals surface area contributed by atoms with Gasteiger partial charge in [-0.3, -0.25) is 4.72 Å². The molecule has 0 atom stereocenters. The van der Waals surface area contributed by atoms with E-state index < -0.39 is 10.0 Å². The minimum atomic E-state index is -3.70. The van der Waals surface area contributed by atoms with E-state index >= 15 is 0 Å². The molecule has 3 nitrogen and oxygen atoms in total. The molecule has 0 amide bonds. The van der Waals surface area contributed by atoms with Gasteiger partial charge in [0, 0.05) is 5.56 Å². The lowest BCUT2D eigenvalue weighted by Crippen LogP contribution is -2.13. The molecule has 23 heavy (non-hydrogen) atoms. The van der Waals surface area contributed by atoms with Crippen molar-refractivity contribution in [3.05, 3.63) is 84.7 Å². The maximum Gasteiger partial charge on any atom is 0.261 e. The molecular weight excluding hydrogens is 313 g/mol. The summed E-state index contributed by atoms with van der Waals surface area (Å²) >= 11 is 0. The molecule has 0 saturated heterocycles. The lowest BCUT2D eigenvalue weighted by molar-refractivity contribution is 0.601. The van der Waals surface area contributed by atoms with Crippen LogP contribution >= 0.6 is 0 Å². The molecule has 5 heteroatoms. The van der Waals surface area contributed by atoms with Crippen LogP contribution in [0, 0.1) is 5.82 Å². The van der Waals surface area contributed by atoms with Crippen molar-refractivity contribution in [2.45, 2.75) is 4.90 Å². The van der Waals surface area contributed by atoms with E-state index in [0.717, 1.165) is 0 Å². The van der Waals surface area contributed by atoms with Crippen molar-refractivity contribution in [3.8, 4) is 11.1 Å². The van der Waals surface area contributed by atoms with E-state index in [-0.39, 0.29) is 10.7 Å². The number of para-hydroxylation sites is 1. The molecule has 0 aliphatic rings. The lowest BCUT2D eigenvalue weighted by atomic mass is 10.0. The highest BCUT2D eigenvalue weighted by Gasteiger charge is 2.16. The monoisotopic (exact) mass is 327 g/mol. The number of anilines is 1. The molecule has 1 N–H and O–H groups in total. The average Bonchev–Trinajstić information content (AvgIpc) is 2.56. The number of benzene rings is 3. The van der Waals surface area contributed by atoms with Crippen molar-refractivity contribution < 1.29 is 12.8 Å². The van der Waals surface area contributed by atoms with E-state index in [1.165, 1.54) is 24.3 Å². The van der Waals surface area contributed by atoms with Gasteiger partial charge in [-0.1, -0.05) is 48.5 Å². The summed E-state index contributed by atoms with van der Waals surface area (Å²) in [6.07, 6.45) is 0. The van der Waals surface area contributed by atoms with Gasteiger partial charge in [0.05, 0.1) is 10.6 Å². The van der Waals surface area contributed by atoms with Crippen molar-refractivity contribution in [3.63, 3.8) is 0 Å². The number of halogens is 1. The van der Waals surface area contributed by atoms with Gasteiger partial charge in [0.1, 0.15) is 5.82 Å². The quantitative estimate of drug-likeness (QED) is 0.777. The molecule has 0 aliphatic carbocycles. The Hall–Kier alpha value is -2.66. The molecule has 0 spiro atoms. The van der Waals surface area contributed by atoms with Crippen LogP contribution in [-0.2, 0) is 10.0 Å². The molecule has 3 aromatic carbocycles. The fourth-order valence-corrected chi connectivity index (χ4v) is 3.38. The summed E-state index contributed by atoms with van der Waals surface area (Å²) < 4.78 is 41.0. The van der Waals surface area contributed by atoms with E-state index in [0.29, 0.717) is 16.8 Å². The Morgan fingerprint density at radius 2 is 1.48 bits per heavy atom. The van der Waals surface area contributed by atoms with Gasteiger partial charge in [-0.2, -0.15) is 0 Å². The number of hydrogen-bond acceptors (Lipinski definition) is 2. The van der Waals surface area contributed by atoms with E-state index in [1.807, 2.05) is 0 Å². The lowest BCUT2D eigenvalue weighted by Gasteiger charge is -2.13. The molecule has 0 heterocycles. The molecule has 0 fully saturated rings. The Morgan fingerprint density at radius 1 is 0.783 bits per heavy atom. The minimum Gasteiger partial charge on any atom is -0.279 e. The highest BCUT2D eigenvalue weighted by molar-refractivity contribution is 7.92. The van der Waals surface area contributed by atoms with Crippen LogP contribution in [0.15, 0.2) is 83.8 Å². The van der Waals surface area contributed by atoms with Crippen LogP contribution in [0.3, 0.4) is 0 Å². The van der Waals surface area contributed by atoms with Crippen molar-refractivity contribution in [1.82, 2.24) is 0 Å². The Labute approximate surface area is 134 Å². The first-order valence-electron chi connectivity index (χ1n) is 6.99. The third-order valence-corrected chi connectivity index (χ3v) is 4.74. The third kappa shape index (κ3) is 3.40. The van der Waals surface area contributed by atoms with E-state index in [1.54, 1.807) is 54.6 Å². The van der Waals surface area contributed by atoms with Crippen LogP contribution < -0.4 is 4.72 Å². The van der Waals surface area contributed by atoms with Crippen LogP contribution in [0.1, 0.15) is 0 Å². The van der Waals surface area contributed by atoms with Crippen LogP contribution in [0.4, 0.5) is 10.1 Å². The standard InChI is InChI=1S/C18H14FNO2S/c19-15-8-6-7-14(13-15)17-11-4-5-12-18(17)20-23(21,22)16-9-2-1-3-10-16/h1-13,20H. The van der Waals surface area contributed by atoms with Gasteiger partial charge in [0.15, 0.2) is 0 Å². The van der Waals surface area contributed by atoms with Crippen molar-refractivity contribution >= 4 is 15.7 Å². The summed E-state index contributed by atoms with van der Waals surface area (Å²) in [7, 11) is -3.70. The Balaban J connectivity index is 2.02. The zero-order chi connectivity index (χ0) is 16.3. The maximum absolute atomic E-state index is 13.4. The van der Waals surface area contributed by atoms with Crippen LogP contribution in [0.25, 0.3) is 11.1 Å². The molecule has 0 aromatic heterocycles. The van der Waals surface area contributed by atoms with Crippen molar-refractivity contribution in [2.24, 2.45) is 0 Å². The average molecular weight is 327 g/mol. The Kier molecular flexibility index (Phi) is 4.12. The van der Waals surface area contributed by atoms with Gasteiger partial charge in [-0.15, -0.1) is 0 Å². The molecule has 3 rings (SSSR count). The molecular formula is C18H14FNO2S. The topological polar surface area (TPSA) is 46.2 Å². The third-order valence-electron chi connectivity index (χ3n) is 3.36. The second kappa shape index (κ2) is 6.22. The summed E-state index contributed by atoms with van der Waals surface area (Å²) in [5, 5.41) is 0. The van der Waals surface area contributed by atoms with Gasteiger partial charge in [0.25, 0.3) is 10.0 Å². The number of nitrogens with one attached hydrogen (secondary N) is 1. The first-order valence-corrected chi connectivity index (χ1v) is 8.47. The SMILES string of the molecule is O=S(=O)(Nc1ccccc1-c1cccc(F)c1)c1ccccc1. The molecule has 0 unspecified atom stereocenters. The predicted molar refractivity (Wildman–Crippen MR) is 89.1 cm³/mol. The largest absolute Gasteiger partial charge is 0.279 e. The summed E-state index contributed by atoms with van der Waals surface area (Å²) in [4.78, 5) is 0.175. The Morgan fingerprint density at radius 3 is 2.22 bits per heavy atom. The molecule has 116 valence electrons.